The predicted molar refractivity (Wildman–Crippen MR) is 68.0 cm³/mol. The lowest BCUT2D eigenvalue weighted by Crippen LogP contribution is -2.46. The van der Waals surface area contributed by atoms with Crippen LogP contribution in [0.4, 0.5) is 0 Å². The molecule has 2 atom stereocenters. The van der Waals surface area contributed by atoms with Crippen molar-refractivity contribution in [3.63, 3.8) is 0 Å². The van der Waals surface area contributed by atoms with Gasteiger partial charge in [0.1, 0.15) is 0 Å². The van der Waals surface area contributed by atoms with Crippen LogP contribution < -0.4 is 10.6 Å². The van der Waals surface area contributed by atoms with Crippen LogP contribution in [0.25, 0.3) is 0 Å². The first-order valence-electron chi connectivity index (χ1n) is 6.37. The molecule has 1 rings (SSSR count). The summed E-state index contributed by atoms with van der Waals surface area (Å²) in [6.07, 6.45) is 2.38. The van der Waals surface area contributed by atoms with E-state index in [1.165, 1.54) is 0 Å². The molecule has 1 amide bonds. The number of rotatable bonds is 7. The average Bonchev–Trinajstić information content (AvgIpc) is 2.78. The number of hydrogen-bond acceptors (Lipinski definition) is 4. The highest BCUT2D eigenvalue weighted by atomic mass is 16.5. The summed E-state index contributed by atoms with van der Waals surface area (Å²) in [6, 6.07) is -0.142. The second kappa shape index (κ2) is 7.63. The third-order valence-corrected chi connectivity index (χ3v) is 2.93. The average molecular weight is 243 g/mol. The van der Waals surface area contributed by atoms with E-state index in [1.54, 1.807) is 0 Å². The van der Waals surface area contributed by atoms with E-state index < -0.39 is 0 Å². The zero-order valence-corrected chi connectivity index (χ0v) is 11.2. The third kappa shape index (κ3) is 6.00. The van der Waals surface area contributed by atoms with Gasteiger partial charge in [-0.2, -0.15) is 0 Å². The first-order valence-corrected chi connectivity index (χ1v) is 6.37. The number of carbonyl (C=O) groups excluding carboxylic acids is 1. The molecule has 0 bridgehead atoms. The van der Waals surface area contributed by atoms with Gasteiger partial charge in [-0.3, -0.25) is 4.79 Å². The molecule has 0 aromatic rings. The zero-order valence-electron chi connectivity index (χ0n) is 11.2. The Hall–Kier alpha value is -0.650. The van der Waals surface area contributed by atoms with Crippen LogP contribution in [-0.4, -0.2) is 63.3 Å². The third-order valence-electron chi connectivity index (χ3n) is 2.93. The fourth-order valence-electron chi connectivity index (χ4n) is 1.77. The number of carbonyl (C=O) groups is 1. The molecule has 5 heteroatoms. The zero-order chi connectivity index (χ0) is 12.7. The van der Waals surface area contributed by atoms with Crippen molar-refractivity contribution in [3.8, 4) is 0 Å². The van der Waals surface area contributed by atoms with E-state index in [0.717, 1.165) is 32.5 Å². The van der Waals surface area contributed by atoms with Crippen molar-refractivity contribution < 1.29 is 9.53 Å². The molecule has 0 unspecified atom stereocenters. The second-order valence-electron chi connectivity index (χ2n) is 4.86. The summed E-state index contributed by atoms with van der Waals surface area (Å²) in [5, 5.41) is 6.12. The van der Waals surface area contributed by atoms with Gasteiger partial charge in [0.05, 0.1) is 12.1 Å². The molecule has 0 radical (unpaired) electrons. The maximum Gasteiger partial charge on any atom is 0.236 e. The molecular weight excluding hydrogens is 218 g/mol. The van der Waals surface area contributed by atoms with Crippen molar-refractivity contribution in [3.05, 3.63) is 0 Å². The van der Waals surface area contributed by atoms with Crippen LogP contribution in [0.1, 0.15) is 19.8 Å². The molecule has 2 N–H and O–H groups in total. The predicted octanol–water partition coefficient (Wildman–Crippen LogP) is -0.179. The largest absolute Gasteiger partial charge is 0.376 e. The van der Waals surface area contributed by atoms with Crippen LogP contribution in [0, 0.1) is 0 Å². The maximum absolute atomic E-state index is 11.7. The Morgan fingerprint density at radius 1 is 1.53 bits per heavy atom. The summed E-state index contributed by atoms with van der Waals surface area (Å²) in [5.74, 6) is 0.0549. The van der Waals surface area contributed by atoms with Crippen molar-refractivity contribution in [1.29, 1.82) is 0 Å². The smallest absolute Gasteiger partial charge is 0.236 e. The van der Waals surface area contributed by atoms with Gasteiger partial charge in [-0.05, 0) is 33.9 Å². The minimum atomic E-state index is -0.142. The summed E-state index contributed by atoms with van der Waals surface area (Å²) in [6.45, 7) is 5.11. The van der Waals surface area contributed by atoms with Gasteiger partial charge in [0.25, 0.3) is 0 Å². The highest BCUT2D eigenvalue weighted by Crippen LogP contribution is 2.10. The van der Waals surface area contributed by atoms with Crippen LogP contribution in [0.2, 0.25) is 0 Å². The lowest BCUT2D eigenvalue weighted by molar-refractivity contribution is -0.123. The summed E-state index contributed by atoms with van der Waals surface area (Å²) >= 11 is 0. The molecule has 1 fully saturated rings. The molecule has 17 heavy (non-hydrogen) atoms. The molecule has 100 valence electrons. The van der Waals surface area contributed by atoms with E-state index in [-0.39, 0.29) is 18.1 Å². The molecule has 5 nitrogen and oxygen atoms in total. The van der Waals surface area contributed by atoms with E-state index in [4.69, 9.17) is 4.74 Å². The first kappa shape index (κ1) is 14.4. The number of hydrogen-bond donors (Lipinski definition) is 2. The number of amides is 1. The van der Waals surface area contributed by atoms with Crippen molar-refractivity contribution in [2.24, 2.45) is 0 Å². The van der Waals surface area contributed by atoms with Crippen molar-refractivity contribution in [1.82, 2.24) is 15.5 Å². The monoisotopic (exact) mass is 243 g/mol. The minimum Gasteiger partial charge on any atom is -0.376 e. The molecule has 1 aliphatic heterocycles. The lowest BCUT2D eigenvalue weighted by Gasteiger charge is -2.17. The highest BCUT2D eigenvalue weighted by Gasteiger charge is 2.18. The van der Waals surface area contributed by atoms with Crippen LogP contribution in [0.3, 0.4) is 0 Å². The fraction of sp³-hybridized carbons (Fsp3) is 0.917. The summed E-state index contributed by atoms with van der Waals surface area (Å²) in [5.41, 5.74) is 0. The fourth-order valence-corrected chi connectivity index (χ4v) is 1.77. The van der Waals surface area contributed by atoms with Crippen LogP contribution in [-0.2, 0) is 9.53 Å². The van der Waals surface area contributed by atoms with E-state index in [0.29, 0.717) is 6.54 Å². The second-order valence-corrected chi connectivity index (χ2v) is 4.86. The number of nitrogens with one attached hydrogen (secondary N) is 2. The van der Waals surface area contributed by atoms with Crippen LogP contribution >= 0.6 is 0 Å². The van der Waals surface area contributed by atoms with Gasteiger partial charge in [-0.25, -0.2) is 0 Å². The lowest BCUT2D eigenvalue weighted by atomic mass is 10.2. The Bertz CT molecular complexity index is 228. The van der Waals surface area contributed by atoms with Crippen molar-refractivity contribution in [2.45, 2.75) is 31.9 Å². The quantitative estimate of drug-likeness (QED) is 0.651. The van der Waals surface area contributed by atoms with Gasteiger partial charge < -0.3 is 20.3 Å². The summed E-state index contributed by atoms with van der Waals surface area (Å²) in [4.78, 5) is 13.8. The molecule has 0 aromatic heterocycles. The topological polar surface area (TPSA) is 53.6 Å². The highest BCUT2D eigenvalue weighted by molar-refractivity contribution is 5.81. The molecule has 0 spiro atoms. The Morgan fingerprint density at radius 2 is 2.29 bits per heavy atom. The van der Waals surface area contributed by atoms with Crippen molar-refractivity contribution in [2.75, 3.05) is 40.3 Å². The maximum atomic E-state index is 11.7. The molecule has 1 heterocycles. The van der Waals surface area contributed by atoms with E-state index in [1.807, 2.05) is 21.0 Å². The number of ether oxygens (including phenoxy) is 1. The normalized spacial score (nSPS) is 21.8. The van der Waals surface area contributed by atoms with Crippen LogP contribution in [0.5, 0.6) is 0 Å². The van der Waals surface area contributed by atoms with E-state index in [2.05, 4.69) is 15.5 Å². The first-order chi connectivity index (χ1) is 8.09. The minimum absolute atomic E-state index is 0.0549. The van der Waals surface area contributed by atoms with E-state index in [9.17, 15) is 4.79 Å². The Kier molecular flexibility index (Phi) is 6.47. The summed E-state index contributed by atoms with van der Waals surface area (Å²) in [7, 11) is 4.04. The molecule has 1 saturated heterocycles. The van der Waals surface area contributed by atoms with E-state index >= 15 is 0 Å². The Morgan fingerprint density at radius 3 is 2.88 bits per heavy atom. The molecule has 0 aromatic carbocycles. The summed E-state index contributed by atoms with van der Waals surface area (Å²) < 4.78 is 5.45. The van der Waals surface area contributed by atoms with Gasteiger partial charge in [0.15, 0.2) is 0 Å². The molecule has 0 aliphatic carbocycles. The standard InChI is InChI=1S/C12H25N3O2/c1-10(13-6-7-15(2)3)12(16)14-9-11-5-4-8-17-11/h10-11,13H,4-9H2,1-3H3,(H,14,16)/t10-,11-/m1/s1. The Labute approximate surface area is 104 Å². The van der Waals surface area contributed by atoms with Gasteiger partial charge in [-0.1, -0.05) is 0 Å². The van der Waals surface area contributed by atoms with Gasteiger partial charge in [0, 0.05) is 26.2 Å². The van der Waals surface area contributed by atoms with Gasteiger partial charge >= 0.3 is 0 Å². The van der Waals surface area contributed by atoms with Gasteiger partial charge in [-0.15, -0.1) is 0 Å². The van der Waals surface area contributed by atoms with Gasteiger partial charge in [0.2, 0.25) is 5.91 Å². The molecule has 0 saturated carbocycles. The molecule has 1 aliphatic rings. The Balaban J connectivity index is 2.08. The number of likely N-dealkylation sites (N-methyl/N-ethyl adjacent to an activating group) is 1. The van der Waals surface area contributed by atoms with Crippen LogP contribution in [0.15, 0.2) is 0 Å². The molecular formula is C12H25N3O2. The number of nitrogens with zero attached hydrogens (tertiary/aromatic N) is 1. The SMILES string of the molecule is C[C@@H](NCCN(C)C)C(=O)NC[C@H]1CCCO1. The van der Waals surface area contributed by atoms with Crippen molar-refractivity contribution >= 4 is 5.91 Å².